The van der Waals surface area contributed by atoms with Crippen molar-refractivity contribution in [3.05, 3.63) is 29.6 Å². The molecule has 0 heterocycles. The lowest BCUT2D eigenvalue weighted by atomic mass is 10.2. The molecule has 104 valence electrons. The van der Waals surface area contributed by atoms with E-state index in [9.17, 15) is 12.8 Å². The maximum Gasteiger partial charge on any atom is 0.240 e. The Hall–Kier alpha value is -1.46. The first kappa shape index (κ1) is 15.6. The summed E-state index contributed by atoms with van der Waals surface area (Å²) in [6.07, 6.45) is 0. The molecule has 1 aromatic carbocycles. The van der Waals surface area contributed by atoms with E-state index in [1.807, 2.05) is 0 Å². The van der Waals surface area contributed by atoms with Crippen LogP contribution < -0.4 is 4.72 Å². The fraction of sp³-hybridized carbons (Fsp3) is 0.333. The van der Waals surface area contributed by atoms with Gasteiger partial charge in [0.25, 0.3) is 0 Å². The van der Waals surface area contributed by atoms with Crippen LogP contribution in [-0.4, -0.2) is 40.4 Å². The van der Waals surface area contributed by atoms with Gasteiger partial charge in [0.2, 0.25) is 10.0 Å². The summed E-state index contributed by atoms with van der Waals surface area (Å²) in [5.41, 5.74) is 0.0323. The third-order valence-corrected chi connectivity index (χ3v) is 3.61. The van der Waals surface area contributed by atoms with Crippen LogP contribution in [0.2, 0.25) is 0 Å². The summed E-state index contributed by atoms with van der Waals surface area (Å²) in [5, 5.41) is 8.51. The topological polar surface area (TPSA) is 75.6 Å². The predicted octanol–water partition coefficient (Wildman–Crippen LogP) is 0.0942. The number of sulfonamides is 1. The van der Waals surface area contributed by atoms with Crippen LogP contribution in [0.5, 0.6) is 0 Å². The summed E-state index contributed by atoms with van der Waals surface area (Å²) in [7, 11) is -2.31. The quantitative estimate of drug-likeness (QED) is 0.595. The van der Waals surface area contributed by atoms with E-state index >= 15 is 0 Å². The van der Waals surface area contributed by atoms with Crippen LogP contribution in [0.4, 0.5) is 4.39 Å². The Labute approximate surface area is 111 Å². The number of ether oxygens (including phenoxy) is 1. The summed E-state index contributed by atoms with van der Waals surface area (Å²) >= 11 is 0. The summed E-state index contributed by atoms with van der Waals surface area (Å²) in [6, 6.07) is 3.39. The van der Waals surface area contributed by atoms with Crippen LogP contribution in [0.25, 0.3) is 0 Å². The highest BCUT2D eigenvalue weighted by Gasteiger charge is 2.15. The minimum Gasteiger partial charge on any atom is -0.384 e. The maximum atomic E-state index is 13.6. The molecule has 0 radical (unpaired) electrons. The third kappa shape index (κ3) is 4.61. The first-order chi connectivity index (χ1) is 9.01. The van der Waals surface area contributed by atoms with Crippen molar-refractivity contribution >= 4 is 10.0 Å². The van der Waals surface area contributed by atoms with Gasteiger partial charge in [0, 0.05) is 13.7 Å². The molecule has 0 unspecified atom stereocenters. The van der Waals surface area contributed by atoms with Crippen LogP contribution in [0.15, 0.2) is 23.1 Å². The monoisotopic (exact) mass is 287 g/mol. The zero-order chi connectivity index (χ0) is 14.3. The van der Waals surface area contributed by atoms with Gasteiger partial charge in [0.05, 0.1) is 17.1 Å². The van der Waals surface area contributed by atoms with Crippen molar-refractivity contribution in [2.75, 3.05) is 26.9 Å². The standard InChI is InChI=1S/C12H14FNO4S/c1-18-8-6-14-19(16,17)11-5-4-10(3-2-7-15)12(13)9-11/h4-5,9,14-15H,6-8H2,1H3. The number of hydrogen-bond acceptors (Lipinski definition) is 4. The largest absolute Gasteiger partial charge is 0.384 e. The SMILES string of the molecule is COCCNS(=O)(=O)c1ccc(C#CCO)c(F)c1. The van der Waals surface area contributed by atoms with Gasteiger partial charge >= 0.3 is 0 Å². The van der Waals surface area contributed by atoms with Gasteiger partial charge in [-0.25, -0.2) is 17.5 Å². The molecule has 2 N–H and O–H groups in total. The molecule has 0 saturated carbocycles. The predicted molar refractivity (Wildman–Crippen MR) is 67.4 cm³/mol. The van der Waals surface area contributed by atoms with Crippen molar-refractivity contribution in [1.29, 1.82) is 0 Å². The fourth-order valence-corrected chi connectivity index (χ4v) is 2.29. The molecule has 0 atom stereocenters. The van der Waals surface area contributed by atoms with Crippen LogP contribution in [-0.2, 0) is 14.8 Å². The molecule has 0 aromatic heterocycles. The lowest BCUT2D eigenvalue weighted by Gasteiger charge is -2.06. The highest BCUT2D eigenvalue weighted by molar-refractivity contribution is 7.89. The van der Waals surface area contributed by atoms with E-state index in [4.69, 9.17) is 9.84 Å². The Morgan fingerprint density at radius 3 is 2.79 bits per heavy atom. The van der Waals surface area contributed by atoms with Crippen LogP contribution in [0.3, 0.4) is 0 Å². The van der Waals surface area contributed by atoms with E-state index in [1.165, 1.54) is 19.2 Å². The molecule has 1 rings (SSSR count). The molecule has 0 bridgehead atoms. The van der Waals surface area contributed by atoms with Gasteiger partial charge in [-0.2, -0.15) is 0 Å². The van der Waals surface area contributed by atoms with Crippen LogP contribution >= 0.6 is 0 Å². The summed E-state index contributed by atoms with van der Waals surface area (Å²) in [4.78, 5) is -0.185. The van der Waals surface area contributed by atoms with E-state index in [1.54, 1.807) is 0 Å². The summed E-state index contributed by atoms with van der Waals surface area (Å²) in [6.45, 7) is -0.0631. The summed E-state index contributed by atoms with van der Waals surface area (Å²) in [5.74, 6) is 3.92. The van der Waals surface area contributed by atoms with Gasteiger partial charge in [-0.05, 0) is 18.2 Å². The molecule has 0 aliphatic rings. The number of nitrogens with one attached hydrogen (secondary N) is 1. The second-order valence-corrected chi connectivity index (χ2v) is 5.26. The van der Waals surface area contributed by atoms with Crippen LogP contribution in [0.1, 0.15) is 5.56 Å². The van der Waals surface area contributed by atoms with Gasteiger partial charge < -0.3 is 9.84 Å². The van der Waals surface area contributed by atoms with Gasteiger partial charge in [-0.15, -0.1) is 0 Å². The number of aliphatic hydroxyl groups is 1. The van der Waals surface area contributed by atoms with Gasteiger partial charge in [-0.1, -0.05) is 11.8 Å². The number of aliphatic hydroxyl groups excluding tert-OH is 1. The second-order valence-electron chi connectivity index (χ2n) is 3.49. The van der Waals surface area contributed by atoms with Crippen molar-refractivity contribution in [3.8, 4) is 11.8 Å². The molecule has 1 aromatic rings. The van der Waals surface area contributed by atoms with Crippen molar-refractivity contribution in [1.82, 2.24) is 4.72 Å². The zero-order valence-electron chi connectivity index (χ0n) is 10.3. The van der Waals surface area contributed by atoms with Crippen molar-refractivity contribution in [2.24, 2.45) is 0 Å². The highest BCUT2D eigenvalue weighted by atomic mass is 32.2. The minimum atomic E-state index is -3.76. The average Bonchev–Trinajstić information content (AvgIpc) is 2.37. The van der Waals surface area contributed by atoms with Gasteiger partial charge in [0.15, 0.2) is 0 Å². The Balaban J connectivity index is 2.94. The maximum absolute atomic E-state index is 13.6. The molecular formula is C12H14FNO4S. The lowest BCUT2D eigenvalue weighted by molar-refractivity contribution is 0.204. The van der Waals surface area contributed by atoms with Crippen molar-refractivity contribution < 1.29 is 22.7 Å². The number of methoxy groups -OCH3 is 1. The number of hydrogen-bond donors (Lipinski definition) is 2. The third-order valence-electron chi connectivity index (χ3n) is 2.15. The van der Waals surface area contributed by atoms with Crippen LogP contribution in [0, 0.1) is 17.7 Å². The smallest absolute Gasteiger partial charge is 0.240 e. The molecule has 0 aliphatic carbocycles. The minimum absolute atomic E-state index is 0.0323. The molecular weight excluding hydrogens is 273 g/mol. The average molecular weight is 287 g/mol. The molecule has 0 fully saturated rings. The van der Waals surface area contributed by atoms with E-state index in [2.05, 4.69) is 16.6 Å². The molecule has 19 heavy (non-hydrogen) atoms. The molecule has 7 heteroatoms. The summed E-state index contributed by atoms with van der Waals surface area (Å²) < 4.78 is 44.1. The zero-order valence-corrected chi connectivity index (χ0v) is 11.1. The Morgan fingerprint density at radius 1 is 1.47 bits per heavy atom. The Morgan fingerprint density at radius 2 is 2.21 bits per heavy atom. The fourth-order valence-electron chi connectivity index (χ4n) is 1.26. The van der Waals surface area contributed by atoms with Gasteiger partial charge in [0.1, 0.15) is 12.4 Å². The number of halogens is 1. The number of rotatable bonds is 5. The molecule has 0 saturated heterocycles. The molecule has 0 amide bonds. The second kappa shape index (κ2) is 7.21. The Bertz CT molecular complexity index is 589. The highest BCUT2D eigenvalue weighted by Crippen LogP contribution is 2.14. The lowest BCUT2D eigenvalue weighted by Crippen LogP contribution is -2.27. The molecule has 0 spiro atoms. The molecule has 5 nitrogen and oxygen atoms in total. The number of benzene rings is 1. The first-order valence-corrected chi connectivity index (χ1v) is 6.87. The van der Waals surface area contributed by atoms with Crippen molar-refractivity contribution in [2.45, 2.75) is 4.90 Å². The molecule has 0 aliphatic heterocycles. The van der Waals surface area contributed by atoms with E-state index in [0.29, 0.717) is 0 Å². The van der Waals surface area contributed by atoms with Gasteiger partial charge in [-0.3, -0.25) is 0 Å². The van der Waals surface area contributed by atoms with E-state index in [-0.39, 0.29) is 23.6 Å². The first-order valence-electron chi connectivity index (χ1n) is 5.39. The van der Waals surface area contributed by atoms with E-state index in [0.717, 1.165) is 6.07 Å². The normalized spacial score (nSPS) is 10.9. The van der Waals surface area contributed by atoms with Crippen molar-refractivity contribution in [3.63, 3.8) is 0 Å². The van der Waals surface area contributed by atoms with E-state index < -0.39 is 22.4 Å². The Kier molecular flexibility index (Phi) is 5.92.